The van der Waals surface area contributed by atoms with Crippen molar-refractivity contribution in [3.8, 4) is 44.5 Å². The second-order valence-electron chi connectivity index (χ2n) is 15.6. The van der Waals surface area contributed by atoms with Crippen molar-refractivity contribution in [2.24, 2.45) is 0 Å². The number of anilines is 3. The molecule has 0 N–H and O–H groups in total. The maximum absolute atomic E-state index is 2.52. The lowest BCUT2D eigenvalue weighted by atomic mass is 9.94. The molecule has 0 fully saturated rings. The summed E-state index contributed by atoms with van der Waals surface area (Å²) in [5.74, 6) is 0. The van der Waals surface area contributed by atoms with E-state index >= 15 is 0 Å². The third-order valence-electron chi connectivity index (χ3n) is 12.1. The molecule has 2 heterocycles. The number of hydrogen-bond donors (Lipinski definition) is 0. The molecule has 61 heavy (non-hydrogen) atoms. The van der Waals surface area contributed by atoms with Gasteiger partial charge in [-0.3, -0.25) is 0 Å². The molecule has 0 aliphatic heterocycles. The fraction of sp³-hybridized carbons (Fsp3) is 0. The van der Waals surface area contributed by atoms with E-state index in [-0.39, 0.29) is 0 Å². The van der Waals surface area contributed by atoms with Crippen LogP contribution in [0.5, 0.6) is 0 Å². The molecular formula is C58H37NS2. The van der Waals surface area contributed by atoms with Crippen LogP contribution in [-0.2, 0) is 0 Å². The van der Waals surface area contributed by atoms with E-state index in [0.29, 0.717) is 0 Å². The van der Waals surface area contributed by atoms with Gasteiger partial charge in [0.25, 0.3) is 0 Å². The summed E-state index contributed by atoms with van der Waals surface area (Å²) in [5.41, 5.74) is 13.3. The number of fused-ring (bicyclic) bond motifs is 7. The minimum atomic E-state index is 1.12. The van der Waals surface area contributed by atoms with Gasteiger partial charge in [0.05, 0.1) is 11.4 Å². The molecule has 2 aromatic heterocycles. The number of thiophene rings is 2. The summed E-state index contributed by atoms with van der Waals surface area (Å²) < 4.78 is 5.15. The molecule has 10 aromatic carbocycles. The lowest BCUT2D eigenvalue weighted by molar-refractivity contribution is 1.32. The summed E-state index contributed by atoms with van der Waals surface area (Å²) in [6.45, 7) is 0. The van der Waals surface area contributed by atoms with Crippen molar-refractivity contribution in [3.05, 3.63) is 224 Å². The number of benzene rings is 10. The lowest BCUT2D eigenvalue weighted by Crippen LogP contribution is -2.11. The van der Waals surface area contributed by atoms with Gasteiger partial charge in [0.1, 0.15) is 0 Å². The standard InChI is InChI=1S/C58H37NS2/c1-4-14-38(15-5-1)44-30-33-49-55(37-44)60-54-25-13-23-51(56(49)54)59(52-35-34-47(41-18-8-3-9-19-41)58-57(52)48-21-10-11-24-53(48)61-58)45-31-28-39(29-32-45)43-27-26-42-20-12-22-46(50(42)36-43)40-16-6-2-7-17-40/h1-37H. The van der Waals surface area contributed by atoms with Gasteiger partial charge in [0.2, 0.25) is 0 Å². The summed E-state index contributed by atoms with van der Waals surface area (Å²) in [5, 5.41) is 7.59. The SMILES string of the molecule is c1ccc(-c2ccc3c(c2)sc2cccc(N(c4ccc(-c5ccc6cccc(-c7ccccc7)c6c5)cc4)c4ccc(-c5ccccc5)c5sc6ccccc6c45)c23)cc1. The van der Waals surface area contributed by atoms with Gasteiger partial charge >= 0.3 is 0 Å². The van der Waals surface area contributed by atoms with Crippen LogP contribution in [0.2, 0.25) is 0 Å². The highest BCUT2D eigenvalue weighted by Gasteiger charge is 2.24. The van der Waals surface area contributed by atoms with E-state index in [4.69, 9.17) is 0 Å². The number of nitrogens with zero attached hydrogens (tertiary/aromatic N) is 1. The van der Waals surface area contributed by atoms with Crippen LogP contribution in [0.25, 0.3) is 95.6 Å². The summed E-state index contributed by atoms with van der Waals surface area (Å²) in [4.78, 5) is 2.52. The van der Waals surface area contributed by atoms with Crippen LogP contribution in [-0.4, -0.2) is 0 Å². The van der Waals surface area contributed by atoms with E-state index < -0.39 is 0 Å². The Morgan fingerprint density at radius 3 is 1.67 bits per heavy atom. The molecule has 0 aliphatic carbocycles. The molecule has 3 heteroatoms. The van der Waals surface area contributed by atoms with Crippen molar-refractivity contribution in [1.82, 2.24) is 0 Å². The smallest absolute Gasteiger partial charge is 0.0555 e. The van der Waals surface area contributed by atoms with Crippen molar-refractivity contribution >= 4 is 90.9 Å². The first-order valence-electron chi connectivity index (χ1n) is 20.7. The van der Waals surface area contributed by atoms with Crippen LogP contribution >= 0.6 is 22.7 Å². The maximum Gasteiger partial charge on any atom is 0.0555 e. The van der Waals surface area contributed by atoms with E-state index in [9.17, 15) is 0 Å². The fourth-order valence-corrected chi connectivity index (χ4v) is 11.6. The van der Waals surface area contributed by atoms with E-state index in [1.54, 1.807) is 0 Å². The van der Waals surface area contributed by atoms with Gasteiger partial charge in [0, 0.05) is 46.0 Å². The van der Waals surface area contributed by atoms with Gasteiger partial charge in [-0.05, 0) is 104 Å². The molecule has 0 unspecified atom stereocenters. The molecule has 0 saturated heterocycles. The molecule has 0 amide bonds. The Kier molecular flexibility index (Phi) is 8.62. The zero-order valence-corrected chi connectivity index (χ0v) is 34.8. The van der Waals surface area contributed by atoms with Gasteiger partial charge in [0.15, 0.2) is 0 Å². The largest absolute Gasteiger partial charge is 0.309 e. The van der Waals surface area contributed by atoms with E-state index in [1.807, 2.05) is 22.7 Å². The zero-order valence-electron chi connectivity index (χ0n) is 33.1. The summed E-state index contributed by atoms with van der Waals surface area (Å²) >= 11 is 3.76. The quantitative estimate of drug-likeness (QED) is 0.155. The Balaban J connectivity index is 1.07. The molecule has 286 valence electrons. The van der Waals surface area contributed by atoms with Crippen LogP contribution < -0.4 is 4.90 Å². The predicted molar refractivity (Wildman–Crippen MR) is 266 cm³/mol. The van der Waals surface area contributed by atoms with E-state index in [1.165, 1.54) is 107 Å². The van der Waals surface area contributed by atoms with Crippen LogP contribution in [0.15, 0.2) is 224 Å². The minimum absolute atomic E-state index is 1.12. The molecular weight excluding hydrogens is 775 g/mol. The van der Waals surface area contributed by atoms with Gasteiger partial charge in [-0.1, -0.05) is 176 Å². The monoisotopic (exact) mass is 811 g/mol. The fourth-order valence-electron chi connectivity index (χ4n) is 9.18. The highest BCUT2D eigenvalue weighted by Crippen LogP contribution is 2.51. The van der Waals surface area contributed by atoms with E-state index in [0.717, 1.165) is 5.69 Å². The molecule has 1 nitrogen and oxygen atoms in total. The Hall–Kier alpha value is -7.30. The van der Waals surface area contributed by atoms with Crippen LogP contribution in [0.4, 0.5) is 17.1 Å². The first kappa shape index (κ1) is 35.6. The highest BCUT2D eigenvalue weighted by molar-refractivity contribution is 7.26. The molecule has 0 aliphatic rings. The second kappa shape index (κ2) is 14.8. The van der Waals surface area contributed by atoms with Gasteiger partial charge in [-0.2, -0.15) is 0 Å². The van der Waals surface area contributed by atoms with Crippen molar-refractivity contribution in [1.29, 1.82) is 0 Å². The van der Waals surface area contributed by atoms with Crippen molar-refractivity contribution in [2.75, 3.05) is 4.90 Å². The minimum Gasteiger partial charge on any atom is -0.309 e. The summed E-state index contributed by atoms with van der Waals surface area (Å²) in [6.07, 6.45) is 0. The van der Waals surface area contributed by atoms with Gasteiger partial charge < -0.3 is 4.90 Å². The predicted octanol–water partition coefficient (Wildman–Crippen LogP) is 17.7. The van der Waals surface area contributed by atoms with Gasteiger partial charge in [-0.15, -0.1) is 22.7 Å². The number of rotatable bonds is 7. The topological polar surface area (TPSA) is 3.24 Å². The molecule has 0 atom stereocenters. The van der Waals surface area contributed by atoms with Crippen LogP contribution in [0, 0.1) is 0 Å². The first-order chi connectivity index (χ1) is 30.2. The molecule has 12 aromatic rings. The average molecular weight is 812 g/mol. The molecule has 0 bridgehead atoms. The third-order valence-corrected chi connectivity index (χ3v) is 14.4. The maximum atomic E-state index is 2.52. The van der Waals surface area contributed by atoms with Crippen molar-refractivity contribution < 1.29 is 0 Å². The number of hydrogen-bond acceptors (Lipinski definition) is 3. The van der Waals surface area contributed by atoms with Crippen LogP contribution in [0.1, 0.15) is 0 Å². The zero-order chi connectivity index (χ0) is 40.3. The van der Waals surface area contributed by atoms with E-state index in [2.05, 4.69) is 229 Å². The third kappa shape index (κ3) is 6.13. The molecule has 0 spiro atoms. The Morgan fingerprint density at radius 1 is 0.295 bits per heavy atom. The Labute approximate surface area is 362 Å². The summed E-state index contributed by atoms with van der Waals surface area (Å²) in [6, 6.07) is 82.4. The van der Waals surface area contributed by atoms with Crippen molar-refractivity contribution in [2.45, 2.75) is 0 Å². The van der Waals surface area contributed by atoms with Gasteiger partial charge in [-0.25, -0.2) is 0 Å². The Morgan fingerprint density at radius 2 is 0.885 bits per heavy atom. The average Bonchev–Trinajstić information content (AvgIpc) is 3.92. The normalized spacial score (nSPS) is 11.6. The first-order valence-corrected chi connectivity index (χ1v) is 22.4. The van der Waals surface area contributed by atoms with Crippen LogP contribution in [0.3, 0.4) is 0 Å². The van der Waals surface area contributed by atoms with Crippen molar-refractivity contribution in [3.63, 3.8) is 0 Å². The second-order valence-corrected chi connectivity index (χ2v) is 17.8. The highest BCUT2D eigenvalue weighted by atomic mass is 32.1. The summed E-state index contributed by atoms with van der Waals surface area (Å²) in [7, 11) is 0. The molecule has 0 radical (unpaired) electrons. The lowest BCUT2D eigenvalue weighted by Gasteiger charge is -2.28. The Bertz CT molecular complexity index is 3570. The molecule has 12 rings (SSSR count). The molecule has 0 saturated carbocycles.